The molecule has 1 aliphatic heterocycles. The first-order valence-electron chi connectivity index (χ1n) is 6.95. The van der Waals surface area contributed by atoms with Gasteiger partial charge in [0.25, 0.3) is 0 Å². The molecule has 1 saturated carbocycles. The molecule has 0 aromatic carbocycles. The number of hydrogen-bond acceptors (Lipinski definition) is 4. The quantitative estimate of drug-likeness (QED) is 0.685. The molecule has 0 atom stereocenters. The minimum atomic E-state index is 0.486. The van der Waals surface area contributed by atoms with Gasteiger partial charge in [0, 0.05) is 26.2 Å². The van der Waals surface area contributed by atoms with E-state index in [1.54, 1.807) is 7.11 Å². The maximum atomic E-state index is 5.95. The normalized spacial score (nSPS) is 22.2. The van der Waals surface area contributed by atoms with Gasteiger partial charge in [-0.25, -0.2) is 0 Å². The Hall–Kier alpha value is -0.160. The summed E-state index contributed by atoms with van der Waals surface area (Å²) in [6.45, 7) is 6.06. The molecule has 100 valence electrons. The van der Waals surface area contributed by atoms with E-state index < -0.39 is 0 Å². The molecule has 2 aliphatic rings. The summed E-state index contributed by atoms with van der Waals surface area (Å²) in [5.74, 6) is 0. The number of methoxy groups -OCH3 is 1. The van der Waals surface area contributed by atoms with Crippen LogP contribution in [0.1, 0.15) is 25.7 Å². The van der Waals surface area contributed by atoms with Gasteiger partial charge in [-0.05, 0) is 38.8 Å². The minimum Gasteiger partial charge on any atom is -0.383 e. The maximum absolute atomic E-state index is 5.95. The summed E-state index contributed by atoms with van der Waals surface area (Å²) in [4.78, 5) is 2.52. The van der Waals surface area contributed by atoms with E-state index in [1.807, 2.05) is 0 Å². The fourth-order valence-electron chi connectivity index (χ4n) is 2.42. The largest absolute Gasteiger partial charge is 0.383 e. The van der Waals surface area contributed by atoms with Gasteiger partial charge in [-0.2, -0.15) is 0 Å². The molecule has 4 nitrogen and oxygen atoms in total. The molecule has 17 heavy (non-hydrogen) atoms. The molecule has 2 fully saturated rings. The van der Waals surface area contributed by atoms with E-state index in [2.05, 4.69) is 10.2 Å². The first kappa shape index (κ1) is 13.3. The van der Waals surface area contributed by atoms with Crippen LogP contribution in [0.4, 0.5) is 0 Å². The second-order valence-electron chi connectivity index (χ2n) is 5.08. The zero-order valence-corrected chi connectivity index (χ0v) is 11.0. The number of ether oxygens (including phenoxy) is 2. The summed E-state index contributed by atoms with van der Waals surface area (Å²) in [5, 5.41) is 3.36. The Morgan fingerprint density at radius 1 is 1.06 bits per heavy atom. The summed E-state index contributed by atoms with van der Waals surface area (Å²) >= 11 is 0. The van der Waals surface area contributed by atoms with Crippen LogP contribution in [0, 0.1) is 0 Å². The van der Waals surface area contributed by atoms with Crippen molar-refractivity contribution in [3.63, 3.8) is 0 Å². The lowest BCUT2D eigenvalue weighted by atomic mass is 10.1. The summed E-state index contributed by atoms with van der Waals surface area (Å²) in [5.41, 5.74) is 0. The third-order valence-corrected chi connectivity index (χ3v) is 3.66. The molecular weight excluding hydrogens is 216 g/mol. The average molecular weight is 242 g/mol. The molecule has 1 aliphatic carbocycles. The van der Waals surface area contributed by atoms with Crippen LogP contribution in [-0.2, 0) is 9.47 Å². The van der Waals surface area contributed by atoms with Gasteiger partial charge in [0.1, 0.15) is 0 Å². The third kappa shape index (κ3) is 4.92. The monoisotopic (exact) mass is 242 g/mol. The number of nitrogens with zero attached hydrogens (tertiary/aromatic N) is 1. The van der Waals surface area contributed by atoms with Crippen LogP contribution in [0.2, 0.25) is 0 Å². The first-order chi connectivity index (χ1) is 8.40. The van der Waals surface area contributed by atoms with E-state index in [9.17, 15) is 0 Å². The van der Waals surface area contributed by atoms with E-state index in [0.717, 1.165) is 45.4 Å². The van der Waals surface area contributed by atoms with Crippen LogP contribution in [0.25, 0.3) is 0 Å². The SMILES string of the molecule is COCCN(CCOC1CCNCC1)C1CC1. The van der Waals surface area contributed by atoms with Gasteiger partial charge >= 0.3 is 0 Å². The van der Waals surface area contributed by atoms with Gasteiger partial charge in [-0.15, -0.1) is 0 Å². The van der Waals surface area contributed by atoms with Crippen molar-refractivity contribution in [2.75, 3.05) is 46.5 Å². The van der Waals surface area contributed by atoms with Gasteiger partial charge in [-0.3, -0.25) is 4.90 Å². The van der Waals surface area contributed by atoms with Crippen molar-refractivity contribution in [3.05, 3.63) is 0 Å². The Morgan fingerprint density at radius 3 is 2.41 bits per heavy atom. The standard InChI is InChI=1S/C13H26N2O2/c1-16-10-8-15(12-2-3-12)9-11-17-13-4-6-14-7-5-13/h12-14H,2-11H2,1H3. The predicted molar refractivity (Wildman–Crippen MR) is 68.3 cm³/mol. The highest BCUT2D eigenvalue weighted by Gasteiger charge is 2.28. The molecule has 1 N–H and O–H groups in total. The molecule has 0 aromatic heterocycles. The first-order valence-corrected chi connectivity index (χ1v) is 6.95. The fraction of sp³-hybridized carbons (Fsp3) is 1.00. The highest BCUT2D eigenvalue weighted by atomic mass is 16.5. The van der Waals surface area contributed by atoms with Crippen molar-refractivity contribution in [2.45, 2.75) is 37.8 Å². The van der Waals surface area contributed by atoms with Crippen molar-refractivity contribution in [1.82, 2.24) is 10.2 Å². The lowest BCUT2D eigenvalue weighted by molar-refractivity contribution is 0.0157. The van der Waals surface area contributed by atoms with Gasteiger partial charge in [0.15, 0.2) is 0 Å². The second-order valence-corrected chi connectivity index (χ2v) is 5.08. The van der Waals surface area contributed by atoms with E-state index in [0.29, 0.717) is 6.10 Å². The van der Waals surface area contributed by atoms with Gasteiger partial charge in [0.05, 0.1) is 19.3 Å². The van der Waals surface area contributed by atoms with Crippen LogP contribution < -0.4 is 5.32 Å². The lowest BCUT2D eigenvalue weighted by Crippen LogP contribution is -2.36. The van der Waals surface area contributed by atoms with E-state index in [1.165, 1.54) is 25.7 Å². The second kappa shape index (κ2) is 7.31. The summed E-state index contributed by atoms with van der Waals surface area (Å²) < 4.78 is 11.1. The number of hydrogen-bond donors (Lipinski definition) is 1. The smallest absolute Gasteiger partial charge is 0.0600 e. The summed E-state index contributed by atoms with van der Waals surface area (Å²) in [7, 11) is 1.77. The summed E-state index contributed by atoms with van der Waals surface area (Å²) in [6.07, 6.45) is 5.54. The van der Waals surface area contributed by atoms with Crippen molar-refractivity contribution in [1.29, 1.82) is 0 Å². The number of rotatable bonds is 8. The number of piperidine rings is 1. The topological polar surface area (TPSA) is 33.7 Å². The van der Waals surface area contributed by atoms with Crippen molar-refractivity contribution in [3.8, 4) is 0 Å². The third-order valence-electron chi connectivity index (χ3n) is 3.66. The predicted octanol–water partition coefficient (Wildman–Crippen LogP) is 0.866. The fourth-order valence-corrected chi connectivity index (χ4v) is 2.42. The molecular formula is C13H26N2O2. The van der Waals surface area contributed by atoms with Crippen LogP contribution in [0.3, 0.4) is 0 Å². The Balaban J connectivity index is 1.57. The maximum Gasteiger partial charge on any atom is 0.0600 e. The molecule has 0 aromatic rings. The molecule has 0 radical (unpaired) electrons. The Bertz CT molecular complexity index is 204. The van der Waals surface area contributed by atoms with Gasteiger partial charge in [-0.1, -0.05) is 0 Å². The molecule has 0 unspecified atom stereocenters. The molecule has 1 saturated heterocycles. The van der Waals surface area contributed by atoms with E-state index in [-0.39, 0.29) is 0 Å². The summed E-state index contributed by atoms with van der Waals surface area (Å²) in [6, 6.07) is 0.807. The highest BCUT2D eigenvalue weighted by Crippen LogP contribution is 2.26. The van der Waals surface area contributed by atoms with Crippen LogP contribution in [0.15, 0.2) is 0 Å². The van der Waals surface area contributed by atoms with Gasteiger partial charge in [0.2, 0.25) is 0 Å². The zero-order chi connectivity index (χ0) is 11.9. The Morgan fingerprint density at radius 2 is 1.76 bits per heavy atom. The molecule has 4 heteroatoms. The lowest BCUT2D eigenvalue weighted by Gasteiger charge is -2.26. The minimum absolute atomic E-state index is 0.486. The molecule has 2 rings (SSSR count). The Labute approximate surface area is 105 Å². The zero-order valence-electron chi connectivity index (χ0n) is 11.0. The molecule has 1 heterocycles. The van der Waals surface area contributed by atoms with Crippen molar-refractivity contribution in [2.24, 2.45) is 0 Å². The molecule has 0 amide bonds. The number of nitrogens with one attached hydrogen (secondary N) is 1. The molecule has 0 spiro atoms. The van der Waals surface area contributed by atoms with E-state index >= 15 is 0 Å². The van der Waals surface area contributed by atoms with Crippen molar-refractivity contribution >= 4 is 0 Å². The average Bonchev–Trinajstić information content (AvgIpc) is 3.19. The molecule has 0 bridgehead atoms. The highest BCUT2D eigenvalue weighted by molar-refractivity contribution is 4.84. The Kier molecular flexibility index (Phi) is 5.71. The van der Waals surface area contributed by atoms with E-state index in [4.69, 9.17) is 9.47 Å². The van der Waals surface area contributed by atoms with Crippen LogP contribution >= 0.6 is 0 Å². The van der Waals surface area contributed by atoms with Crippen LogP contribution in [-0.4, -0.2) is 63.5 Å². The van der Waals surface area contributed by atoms with Crippen LogP contribution in [0.5, 0.6) is 0 Å². The van der Waals surface area contributed by atoms with Crippen molar-refractivity contribution < 1.29 is 9.47 Å². The van der Waals surface area contributed by atoms with Gasteiger partial charge < -0.3 is 14.8 Å².